The molecule has 1 heterocycles. The van der Waals surface area contributed by atoms with Crippen molar-refractivity contribution in [2.24, 2.45) is 11.3 Å². The third kappa shape index (κ3) is 5.87. The molecule has 2 nitrogen and oxygen atoms in total. The predicted octanol–water partition coefficient (Wildman–Crippen LogP) is 3.13. The second kappa shape index (κ2) is 7.38. The maximum absolute atomic E-state index is 3.64. The second-order valence-electron chi connectivity index (χ2n) is 6.53. The van der Waals surface area contributed by atoms with Crippen molar-refractivity contribution >= 4 is 0 Å². The Kier molecular flexibility index (Phi) is 6.50. The normalized spacial score (nSPS) is 21.7. The van der Waals surface area contributed by atoms with Gasteiger partial charge in [0.1, 0.15) is 0 Å². The number of hydrogen-bond acceptors (Lipinski definition) is 2. The van der Waals surface area contributed by atoms with E-state index in [1.165, 1.54) is 45.3 Å². The van der Waals surface area contributed by atoms with Gasteiger partial charge in [-0.1, -0.05) is 34.1 Å². The molecule has 0 bridgehead atoms. The van der Waals surface area contributed by atoms with Crippen LogP contribution in [0, 0.1) is 11.3 Å². The molecule has 17 heavy (non-hydrogen) atoms. The molecule has 1 atom stereocenters. The molecule has 1 aliphatic heterocycles. The molecular weight excluding hydrogens is 208 g/mol. The Morgan fingerprint density at radius 1 is 1.18 bits per heavy atom. The van der Waals surface area contributed by atoms with Crippen molar-refractivity contribution in [3.05, 3.63) is 0 Å². The van der Waals surface area contributed by atoms with Gasteiger partial charge in [-0.05, 0) is 50.2 Å². The third-order valence-electron chi connectivity index (χ3n) is 4.01. The molecule has 2 heteroatoms. The highest BCUT2D eigenvalue weighted by molar-refractivity contribution is 4.81. The summed E-state index contributed by atoms with van der Waals surface area (Å²) >= 11 is 0. The second-order valence-corrected chi connectivity index (χ2v) is 6.53. The highest BCUT2D eigenvalue weighted by atomic mass is 15.1. The molecular formula is C15H32N2. The fraction of sp³-hybridized carbons (Fsp3) is 1.00. The maximum atomic E-state index is 3.64. The number of hydrogen-bond donors (Lipinski definition) is 1. The van der Waals surface area contributed by atoms with Crippen LogP contribution in [-0.4, -0.2) is 37.6 Å². The van der Waals surface area contributed by atoms with Crippen LogP contribution in [0.15, 0.2) is 0 Å². The van der Waals surface area contributed by atoms with E-state index in [-0.39, 0.29) is 0 Å². The quantitative estimate of drug-likeness (QED) is 0.735. The summed E-state index contributed by atoms with van der Waals surface area (Å²) in [7, 11) is 0. The molecule has 1 rings (SSSR count). The average Bonchev–Trinajstić information content (AvgIpc) is 2.30. The van der Waals surface area contributed by atoms with E-state index in [1.807, 2.05) is 0 Å². The van der Waals surface area contributed by atoms with Crippen molar-refractivity contribution in [2.45, 2.75) is 53.4 Å². The Bertz CT molecular complexity index is 197. The molecule has 0 spiro atoms. The first-order valence-corrected chi connectivity index (χ1v) is 7.49. The number of piperidine rings is 1. The standard InChI is InChI=1S/C15H32N2/c1-5-15(4,12-16-11-14(2)3)13-17-9-7-6-8-10-17/h14,16H,5-13H2,1-4H3. The lowest BCUT2D eigenvalue weighted by Crippen LogP contribution is -2.44. The van der Waals surface area contributed by atoms with E-state index in [9.17, 15) is 0 Å². The van der Waals surface area contributed by atoms with Gasteiger partial charge in [-0.25, -0.2) is 0 Å². The molecule has 1 unspecified atom stereocenters. The van der Waals surface area contributed by atoms with Gasteiger partial charge in [0.05, 0.1) is 0 Å². The molecule has 102 valence electrons. The minimum atomic E-state index is 0.451. The van der Waals surface area contributed by atoms with E-state index in [0.717, 1.165) is 19.0 Å². The minimum Gasteiger partial charge on any atom is -0.316 e. The zero-order valence-corrected chi connectivity index (χ0v) is 12.4. The SMILES string of the molecule is CCC(C)(CNCC(C)C)CN1CCCCC1. The van der Waals surface area contributed by atoms with Crippen LogP contribution in [0.4, 0.5) is 0 Å². The molecule has 0 aliphatic carbocycles. The van der Waals surface area contributed by atoms with Gasteiger partial charge < -0.3 is 10.2 Å². The van der Waals surface area contributed by atoms with Gasteiger partial charge in [-0.15, -0.1) is 0 Å². The van der Waals surface area contributed by atoms with E-state index < -0.39 is 0 Å². The van der Waals surface area contributed by atoms with Crippen molar-refractivity contribution in [2.75, 3.05) is 32.7 Å². The van der Waals surface area contributed by atoms with E-state index in [1.54, 1.807) is 0 Å². The van der Waals surface area contributed by atoms with Crippen LogP contribution in [0.5, 0.6) is 0 Å². The van der Waals surface area contributed by atoms with Crippen molar-refractivity contribution in [1.29, 1.82) is 0 Å². The van der Waals surface area contributed by atoms with Gasteiger partial charge in [-0.3, -0.25) is 0 Å². The van der Waals surface area contributed by atoms with Crippen molar-refractivity contribution in [3.63, 3.8) is 0 Å². The fourth-order valence-electron chi connectivity index (χ4n) is 2.61. The molecule has 1 aliphatic rings. The summed E-state index contributed by atoms with van der Waals surface area (Å²) in [5.74, 6) is 0.756. The van der Waals surface area contributed by atoms with Crippen LogP contribution in [-0.2, 0) is 0 Å². The zero-order valence-electron chi connectivity index (χ0n) is 12.4. The Morgan fingerprint density at radius 3 is 2.35 bits per heavy atom. The lowest BCUT2D eigenvalue weighted by molar-refractivity contribution is 0.134. The van der Waals surface area contributed by atoms with Gasteiger partial charge >= 0.3 is 0 Å². The Balaban J connectivity index is 2.32. The first-order chi connectivity index (χ1) is 8.06. The lowest BCUT2D eigenvalue weighted by atomic mass is 9.86. The van der Waals surface area contributed by atoms with Gasteiger partial charge in [0, 0.05) is 13.1 Å². The van der Waals surface area contributed by atoms with Crippen LogP contribution in [0.3, 0.4) is 0 Å². The average molecular weight is 240 g/mol. The van der Waals surface area contributed by atoms with E-state index in [2.05, 4.69) is 37.9 Å². The number of rotatable bonds is 7. The molecule has 1 N–H and O–H groups in total. The largest absolute Gasteiger partial charge is 0.316 e. The van der Waals surface area contributed by atoms with Gasteiger partial charge in [-0.2, -0.15) is 0 Å². The van der Waals surface area contributed by atoms with Crippen LogP contribution >= 0.6 is 0 Å². The summed E-state index contributed by atoms with van der Waals surface area (Å²) in [5, 5.41) is 3.64. The summed E-state index contributed by atoms with van der Waals surface area (Å²) in [6.07, 6.45) is 5.51. The number of likely N-dealkylation sites (tertiary alicyclic amines) is 1. The Morgan fingerprint density at radius 2 is 1.82 bits per heavy atom. The number of nitrogens with one attached hydrogen (secondary N) is 1. The van der Waals surface area contributed by atoms with Crippen LogP contribution < -0.4 is 5.32 Å². The summed E-state index contributed by atoms with van der Waals surface area (Å²) < 4.78 is 0. The van der Waals surface area contributed by atoms with Crippen molar-refractivity contribution in [1.82, 2.24) is 10.2 Å². The van der Waals surface area contributed by atoms with Crippen LogP contribution in [0.25, 0.3) is 0 Å². The van der Waals surface area contributed by atoms with E-state index in [0.29, 0.717) is 5.41 Å². The molecule has 0 saturated carbocycles. The topological polar surface area (TPSA) is 15.3 Å². The first kappa shape index (κ1) is 15.0. The molecule has 0 aromatic carbocycles. The smallest absolute Gasteiger partial charge is 0.00474 e. The summed E-state index contributed by atoms with van der Waals surface area (Å²) in [6, 6.07) is 0. The number of nitrogens with zero attached hydrogens (tertiary/aromatic N) is 1. The van der Waals surface area contributed by atoms with Gasteiger partial charge in [0.15, 0.2) is 0 Å². The highest BCUT2D eigenvalue weighted by Gasteiger charge is 2.25. The van der Waals surface area contributed by atoms with E-state index in [4.69, 9.17) is 0 Å². The molecule has 1 fully saturated rings. The Labute approximate surface area is 108 Å². The highest BCUT2D eigenvalue weighted by Crippen LogP contribution is 2.23. The monoisotopic (exact) mass is 240 g/mol. The van der Waals surface area contributed by atoms with Gasteiger partial charge in [0.25, 0.3) is 0 Å². The molecule has 0 amide bonds. The molecule has 0 aromatic heterocycles. The Hall–Kier alpha value is -0.0800. The minimum absolute atomic E-state index is 0.451. The third-order valence-corrected chi connectivity index (χ3v) is 4.01. The maximum Gasteiger partial charge on any atom is 0.00474 e. The summed E-state index contributed by atoms with van der Waals surface area (Å²) in [5.41, 5.74) is 0.451. The van der Waals surface area contributed by atoms with Crippen LogP contribution in [0.1, 0.15) is 53.4 Å². The predicted molar refractivity (Wildman–Crippen MR) is 76.4 cm³/mol. The van der Waals surface area contributed by atoms with Crippen molar-refractivity contribution < 1.29 is 0 Å². The summed E-state index contributed by atoms with van der Waals surface area (Å²) in [4.78, 5) is 2.67. The van der Waals surface area contributed by atoms with Gasteiger partial charge in [0.2, 0.25) is 0 Å². The van der Waals surface area contributed by atoms with Crippen molar-refractivity contribution in [3.8, 4) is 0 Å². The van der Waals surface area contributed by atoms with Crippen LogP contribution in [0.2, 0.25) is 0 Å². The molecule has 0 aromatic rings. The van der Waals surface area contributed by atoms with E-state index >= 15 is 0 Å². The molecule has 1 saturated heterocycles. The fourth-order valence-corrected chi connectivity index (χ4v) is 2.61. The lowest BCUT2D eigenvalue weighted by Gasteiger charge is -2.37. The first-order valence-electron chi connectivity index (χ1n) is 7.49. The summed E-state index contributed by atoms with van der Waals surface area (Å²) in [6.45, 7) is 15.6. The molecule has 0 radical (unpaired) electrons. The zero-order chi connectivity index (χ0) is 12.7.